The van der Waals surface area contributed by atoms with Crippen LogP contribution < -0.4 is 11.5 Å². The van der Waals surface area contributed by atoms with Crippen molar-refractivity contribution in [2.75, 3.05) is 6.54 Å². The molecule has 0 unspecified atom stereocenters. The summed E-state index contributed by atoms with van der Waals surface area (Å²) in [6.07, 6.45) is 0. The molecule has 0 aromatic heterocycles. The van der Waals surface area contributed by atoms with E-state index >= 15 is 0 Å². The van der Waals surface area contributed by atoms with Crippen LogP contribution in [0.4, 0.5) is 0 Å². The number of nitriles is 1. The van der Waals surface area contributed by atoms with Crippen LogP contribution >= 0.6 is 12.2 Å². The minimum atomic E-state index is 0.0292. The Bertz CT molecular complexity index is 487. The van der Waals surface area contributed by atoms with Crippen molar-refractivity contribution >= 4 is 17.2 Å². The molecule has 0 atom stereocenters. The van der Waals surface area contributed by atoms with E-state index in [2.05, 4.69) is 0 Å². The van der Waals surface area contributed by atoms with Crippen molar-refractivity contribution < 1.29 is 0 Å². The fraction of sp³-hybridized carbons (Fsp3) is 0.231. The molecule has 0 radical (unpaired) electrons. The Balaban J connectivity index is 2.98. The molecule has 5 heteroatoms. The van der Waals surface area contributed by atoms with Gasteiger partial charge in [0.15, 0.2) is 0 Å². The summed E-state index contributed by atoms with van der Waals surface area (Å²) in [6, 6.07) is 11.8. The number of hydrogen-bond acceptors (Lipinski definition) is 4. The Labute approximate surface area is 112 Å². The zero-order chi connectivity index (χ0) is 13.5. The van der Waals surface area contributed by atoms with E-state index in [1.807, 2.05) is 48.2 Å². The highest BCUT2D eigenvalue weighted by atomic mass is 32.1. The Morgan fingerprint density at radius 3 is 2.39 bits per heavy atom. The number of benzene rings is 1. The maximum atomic E-state index is 9.00. The summed E-state index contributed by atoms with van der Waals surface area (Å²) in [6.45, 7) is 3.26. The smallest absolute Gasteiger partial charge is 0.126 e. The van der Waals surface area contributed by atoms with Gasteiger partial charge in [-0.15, -0.1) is 0 Å². The van der Waals surface area contributed by atoms with E-state index in [-0.39, 0.29) is 10.6 Å². The molecule has 0 heterocycles. The van der Waals surface area contributed by atoms with Crippen LogP contribution in [0.2, 0.25) is 0 Å². The lowest BCUT2D eigenvalue weighted by Gasteiger charge is -2.24. The van der Waals surface area contributed by atoms with Crippen molar-refractivity contribution in [3.63, 3.8) is 0 Å². The fourth-order valence-corrected chi connectivity index (χ4v) is 1.72. The van der Waals surface area contributed by atoms with Crippen molar-refractivity contribution in [3.8, 4) is 6.07 Å². The highest BCUT2D eigenvalue weighted by molar-refractivity contribution is 7.80. The van der Waals surface area contributed by atoms with Gasteiger partial charge in [-0.05, 0) is 12.5 Å². The van der Waals surface area contributed by atoms with Crippen LogP contribution in [0.15, 0.2) is 41.7 Å². The molecule has 0 aliphatic carbocycles. The third-order valence-corrected chi connectivity index (χ3v) is 2.76. The van der Waals surface area contributed by atoms with E-state index in [9.17, 15) is 0 Å². The zero-order valence-corrected chi connectivity index (χ0v) is 11.1. The van der Waals surface area contributed by atoms with E-state index in [4.69, 9.17) is 28.9 Å². The van der Waals surface area contributed by atoms with Gasteiger partial charge >= 0.3 is 0 Å². The van der Waals surface area contributed by atoms with E-state index in [0.717, 1.165) is 5.56 Å². The minimum Gasteiger partial charge on any atom is -0.389 e. The molecule has 4 N–H and O–H groups in total. The van der Waals surface area contributed by atoms with Gasteiger partial charge < -0.3 is 16.4 Å². The fourth-order valence-electron chi connectivity index (χ4n) is 1.57. The van der Waals surface area contributed by atoms with Gasteiger partial charge in [0.2, 0.25) is 0 Å². The summed E-state index contributed by atoms with van der Waals surface area (Å²) < 4.78 is 0. The monoisotopic (exact) mass is 260 g/mol. The van der Waals surface area contributed by atoms with Crippen molar-refractivity contribution in [1.29, 1.82) is 5.26 Å². The van der Waals surface area contributed by atoms with Crippen LogP contribution in [0.1, 0.15) is 12.5 Å². The second kappa shape index (κ2) is 6.62. The minimum absolute atomic E-state index is 0.0292. The van der Waals surface area contributed by atoms with Crippen molar-refractivity contribution in [3.05, 3.63) is 47.3 Å². The molecule has 0 saturated heterocycles. The molecule has 0 aliphatic rings. The number of rotatable bonds is 5. The third kappa shape index (κ3) is 3.47. The topological polar surface area (TPSA) is 79.1 Å². The standard InChI is InChI=1S/C13H16N4S/c1-2-17(9-10-6-4-3-5-7-10)12(15)11(8-14)13(16)18/h3-7H,2,9,15H2,1H3,(H2,16,18). The zero-order valence-electron chi connectivity index (χ0n) is 10.3. The number of nitrogens with two attached hydrogens (primary N) is 2. The lowest BCUT2D eigenvalue weighted by molar-refractivity contribution is 0.350. The van der Waals surface area contributed by atoms with Crippen LogP contribution in [-0.2, 0) is 6.54 Å². The van der Waals surface area contributed by atoms with Gasteiger partial charge in [0.1, 0.15) is 22.5 Å². The Morgan fingerprint density at radius 1 is 1.33 bits per heavy atom. The third-order valence-electron chi connectivity index (χ3n) is 2.55. The summed E-state index contributed by atoms with van der Waals surface area (Å²) in [7, 11) is 0. The normalized spacial score (nSPS) is 11.3. The van der Waals surface area contributed by atoms with Crippen LogP contribution in [0.3, 0.4) is 0 Å². The first-order chi connectivity index (χ1) is 8.60. The van der Waals surface area contributed by atoms with Crippen molar-refractivity contribution in [2.45, 2.75) is 13.5 Å². The van der Waals surface area contributed by atoms with E-state index in [1.165, 1.54) is 0 Å². The first kappa shape index (κ1) is 14.0. The highest BCUT2D eigenvalue weighted by Crippen LogP contribution is 2.10. The molecular formula is C13H16N4S. The molecule has 94 valence electrons. The summed E-state index contributed by atoms with van der Waals surface area (Å²) >= 11 is 4.81. The number of nitrogens with zero attached hydrogens (tertiary/aromatic N) is 2. The van der Waals surface area contributed by atoms with Gasteiger partial charge in [-0.25, -0.2) is 0 Å². The molecule has 18 heavy (non-hydrogen) atoms. The van der Waals surface area contributed by atoms with Crippen LogP contribution in [0.25, 0.3) is 0 Å². The molecule has 0 fully saturated rings. The molecule has 0 bridgehead atoms. The van der Waals surface area contributed by atoms with Crippen LogP contribution in [-0.4, -0.2) is 16.4 Å². The molecule has 1 rings (SSSR count). The maximum Gasteiger partial charge on any atom is 0.126 e. The molecule has 0 saturated carbocycles. The van der Waals surface area contributed by atoms with Gasteiger partial charge in [0, 0.05) is 13.1 Å². The summed E-state index contributed by atoms with van der Waals surface area (Å²) in [4.78, 5) is 1.90. The van der Waals surface area contributed by atoms with Crippen molar-refractivity contribution in [1.82, 2.24) is 4.90 Å². The average molecular weight is 260 g/mol. The molecule has 4 nitrogen and oxygen atoms in total. The Hall–Kier alpha value is -2.06. The van der Waals surface area contributed by atoms with E-state index in [1.54, 1.807) is 0 Å². The quantitative estimate of drug-likeness (QED) is 0.476. The van der Waals surface area contributed by atoms with E-state index in [0.29, 0.717) is 18.9 Å². The molecule has 1 aromatic rings. The summed E-state index contributed by atoms with van der Waals surface area (Å²) in [5.74, 6) is 0.330. The first-order valence-corrected chi connectivity index (χ1v) is 5.99. The van der Waals surface area contributed by atoms with Crippen LogP contribution in [0.5, 0.6) is 0 Å². The number of thiocarbonyl (C=S) groups is 1. The second-order valence-electron chi connectivity index (χ2n) is 3.74. The average Bonchev–Trinajstić information content (AvgIpc) is 2.37. The maximum absolute atomic E-state index is 9.00. The van der Waals surface area contributed by atoms with Gasteiger partial charge in [0.25, 0.3) is 0 Å². The van der Waals surface area contributed by atoms with E-state index < -0.39 is 0 Å². The Morgan fingerprint density at radius 2 is 1.94 bits per heavy atom. The second-order valence-corrected chi connectivity index (χ2v) is 4.18. The molecule has 1 aromatic carbocycles. The predicted octanol–water partition coefficient (Wildman–Crippen LogP) is 1.49. The Kier molecular flexibility index (Phi) is 5.15. The molecule has 0 aliphatic heterocycles. The van der Waals surface area contributed by atoms with Gasteiger partial charge in [-0.2, -0.15) is 5.26 Å². The molecule has 0 amide bonds. The lowest BCUT2D eigenvalue weighted by atomic mass is 10.2. The first-order valence-electron chi connectivity index (χ1n) is 5.58. The summed E-state index contributed by atoms with van der Waals surface area (Å²) in [5, 5.41) is 9.00. The van der Waals surface area contributed by atoms with Gasteiger partial charge in [0.05, 0.1) is 0 Å². The van der Waals surface area contributed by atoms with Crippen molar-refractivity contribution in [2.24, 2.45) is 11.5 Å². The highest BCUT2D eigenvalue weighted by Gasteiger charge is 2.12. The predicted molar refractivity (Wildman–Crippen MR) is 76.1 cm³/mol. The summed E-state index contributed by atoms with van der Waals surface area (Å²) in [5.41, 5.74) is 12.7. The largest absolute Gasteiger partial charge is 0.389 e. The SMILES string of the molecule is CCN(Cc1ccccc1)C(N)=C(C#N)C(N)=S. The molecular weight excluding hydrogens is 244 g/mol. The lowest BCUT2D eigenvalue weighted by Crippen LogP contribution is -2.31. The number of hydrogen-bond donors (Lipinski definition) is 2. The molecule has 0 spiro atoms. The van der Waals surface area contributed by atoms with Gasteiger partial charge in [-0.1, -0.05) is 42.5 Å². The van der Waals surface area contributed by atoms with Crippen LogP contribution in [0, 0.1) is 11.3 Å². The van der Waals surface area contributed by atoms with Gasteiger partial charge in [-0.3, -0.25) is 0 Å².